The molecular weight excluding hydrogens is 262 g/mol. The lowest BCUT2D eigenvalue weighted by Gasteiger charge is -2.20. The molecule has 2 atom stereocenters. The smallest absolute Gasteiger partial charge is 0.414 e. The molecule has 1 aromatic rings. The summed E-state index contributed by atoms with van der Waals surface area (Å²) < 4.78 is 5.38. The van der Waals surface area contributed by atoms with Crippen LogP contribution < -0.4 is 0 Å². The summed E-state index contributed by atoms with van der Waals surface area (Å²) in [6.07, 6.45) is 13.2. The lowest BCUT2D eigenvalue weighted by Crippen LogP contribution is -2.27. The van der Waals surface area contributed by atoms with Gasteiger partial charge < -0.3 is 4.74 Å². The largest absolute Gasteiger partial charge is 0.444 e. The number of carbonyl (C=O) groups excluding carboxylic acids is 1. The maximum Gasteiger partial charge on any atom is 0.414 e. The van der Waals surface area contributed by atoms with Crippen LogP contribution in [0.15, 0.2) is 66.9 Å². The number of hydrogen-bond acceptors (Lipinski definition) is 2. The van der Waals surface area contributed by atoms with Crippen molar-refractivity contribution in [3.05, 3.63) is 72.5 Å². The second-order valence-electron chi connectivity index (χ2n) is 5.37. The third kappa shape index (κ3) is 3.43. The van der Waals surface area contributed by atoms with Crippen LogP contribution in [0.1, 0.15) is 12.0 Å². The first-order valence-electron chi connectivity index (χ1n) is 7.33. The summed E-state index contributed by atoms with van der Waals surface area (Å²) in [5, 5.41) is 0. The summed E-state index contributed by atoms with van der Waals surface area (Å²) in [6.45, 7) is 1.01. The first kappa shape index (κ1) is 13.7. The molecule has 0 aromatic heterocycles. The molecule has 2 aliphatic rings. The van der Waals surface area contributed by atoms with Gasteiger partial charge in [-0.05, 0) is 17.9 Å². The molecule has 1 heterocycles. The van der Waals surface area contributed by atoms with E-state index in [1.807, 2.05) is 36.5 Å². The van der Waals surface area contributed by atoms with Gasteiger partial charge in [-0.2, -0.15) is 0 Å². The second-order valence-corrected chi connectivity index (χ2v) is 5.37. The molecule has 0 saturated heterocycles. The zero-order valence-electron chi connectivity index (χ0n) is 11.9. The Morgan fingerprint density at radius 2 is 1.95 bits per heavy atom. The van der Waals surface area contributed by atoms with Crippen molar-refractivity contribution in [1.29, 1.82) is 0 Å². The van der Waals surface area contributed by atoms with E-state index in [4.69, 9.17) is 4.74 Å². The molecule has 3 nitrogen and oxygen atoms in total. The highest BCUT2D eigenvalue weighted by atomic mass is 16.6. The van der Waals surface area contributed by atoms with Gasteiger partial charge in [0, 0.05) is 18.7 Å². The summed E-state index contributed by atoms with van der Waals surface area (Å²) >= 11 is 0. The lowest BCUT2D eigenvalue weighted by atomic mass is 9.87. The van der Waals surface area contributed by atoms with Crippen LogP contribution in [0.4, 0.5) is 4.79 Å². The average Bonchev–Trinajstić information content (AvgIpc) is 2.76. The lowest BCUT2D eigenvalue weighted by molar-refractivity contribution is 0.110. The van der Waals surface area contributed by atoms with Crippen LogP contribution >= 0.6 is 0 Å². The highest BCUT2D eigenvalue weighted by Gasteiger charge is 2.23. The fourth-order valence-corrected chi connectivity index (χ4v) is 2.69. The maximum absolute atomic E-state index is 12.1. The van der Waals surface area contributed by atoms with E-state index in [2.05, 4.69) is 30.4 Å². The Kier molecular flexibility index (Phi) is 4.20. The Balaban J connectivity index is 1.58. The zero-order chi connectivity index (χ0) is 14.5. The van der Waals surface area contributed by atoms with Crippen LogP contribution in [0.2, 0.25) is 0 Å². The van der Waals surface area contributed by atoms with E-state index in [0.717, 1.165) is 12.0 Å². The van der Waals surface area contributed by atoms with Crippen LogP contribution in [0.3, 0.4) is 0 Å². The van der Waals surface area contributed by atoms with Crippen molar-refractivity contribution < 1.29 is 9.53 Å². The number of hydrogen-bond donors (Lipinski definition) is 0. The van der Waals surface area contributed by atoms with Crippen molar-refractivity contribution in [2.75, 3.05) is 6.54 Å². The van der Waals surface area contributed by atoms with Gasteiger partial charge in [0.1, 0.15) is 6.61 Å². The molecule has 2 unspecified atom stereocenters. The molecule has 0 N–H and O–H groups in total. The number of carbonyl (C=O) groups is 1. The standard InChI is InChI=1S/C18H19NO2/c20-18(21-14-15-6-2-1-3-7-15)19-12-10-16-8-4-5-9-17(16)11-13-19/h1-10,12,16-17H,11,13-14H2. The minimum atomic E-state index is -0.276. The molecule has 0 saturated carbocycles. The van der Waals surface area contributed by atoms with Gasteiger partial charge in [-0.25, -0.2) is 4.79 Å². The average molecular weight is 281 g/mol. The van der Waals surface area contributed by atoms with Crippen LogP contribution in [0, 0.1) is 11.8 Å². The van der Waals surface area contributed by atoms with Crippen molar-refractivity contribution in [2.24, 2.45) is 11.8 Å². The molecule has 0 spiro atoms. The van der Waals surface area contributed by atoms with Gasteiger partial charge in [0.05, 0.1) is 0 Å². The van der Waals surface area contributed by atoms with Crippen LogP contribution in [0.25, 0.3) is 0 Å². The third-order valence-corrected chi connectivity index (χ3v) is 3.93. The number of allylic oxidation sites excluding steroid dienone is 5. The fraction of sp³-hybridized carbons (Fsp3) is 0.278. The van der Waals surface area contributed by atoms with E-state index < -0.39 is 0 Å². The molecule has 1 aromatic carbocycles. The van der Waals surface area contributed by atoms with E-state index in [1.165, 1.54) is 0 Å². The normalized spacial score (nSPS) is 23.5. The SMILES string of the molecule is O=C(OCc1ccccc1)N1C=CC2C=CC=CC2CC1. The summed E-state index contributed by atoms with van der Waals surface area (Å²) in [7, 11) is 0. The highest BCUT2D eigenvalue weighted by molar-refractivity contribution is 5.69. The molecule has 1 aliphatic heterocycles. The Bertz CT molecular complexity index is 574. The fourth-order valence-electron chi connectivity index (χ4n) is 2.69. The van der Waals surface area contributed by atoms with Crippen LogP contribution in [-0.4, -0.2) is 17.5 Å². The summed E-state index contributed by atoms with van der Waals surface area (Å²) in [5.74, 6) is 0.875. The minimum Gasteiger partial charge on any atom is -0.444 e. The summed E-state index contributed by atoms with van der Waals surface area (Å²) in [6, 6.07) is 9.74. The summed E-state index contributed by atoms with van der Waals surface area (Å²) in [5.41, 5.74) is 1.00. The van der Waals surface area contributed by atoms with Gasteiger partial charge in [-0.1, -0.05) is 60.7 Å². The molecular formula is C18H19NO2. The van der Waals surface area contributed by atoms with Gasteiger partial charge in [0.15, 0.2) is 0 Å². The molecule has 1 aliphatic carbocycles. The van der Waals surface area contributed by atoms with Gasteiger partial charge in [0.2, 0.25) is 0 Å². The van der Waals surface area contributed by atoms with Crippen LogP contribution in [0.5, 0.6) is 0 Å². The Labute approximate surface area is 125 Å². The molecule has 21 heavy (non-hydrogen) atoms. The summed E-state index contributed by atoms with van der Waals surface area (Å²) in [4.78, 5) is 13.8. The first-order chi connectivity index (χ1) is 10.3. The molecule has 0 fully saturated rings. The maximum atomic E-state index is 12.1. The number of benzene rings is 1. The second kappa shape index (κ2) is 6.44. The van der Waals surface area contributed by atoms with Gasteiger partial charge in [-0.3, -0.25) is 4.90 Å². The van der Waals surface area contributed by atoms with E-state index in [-0.39, 0.29) is 6.09 Å². The molecule has 0 bridgehead atoms. The van der Waals surface area contributed by atoms with E-state index in [0.29, 0.717) is 25.0 Å². The third-order valence-electron chi connectivity index (χ3n) is 3.93. The predicted octanol–water partition coefficient (Wildman–Crippen LogP) is 3.90. The van der Waals surface area contributed by atoms with Gasteiger partial charge in [-0.15, -0.1) is 0 Å². The zero-order valence-corrected chi connectivity index (χ0v) is 11.9. The Hall–Kier alpha value is -2.29. The number of amides is 1. The van der Waals surface area contributed by atoms with Crippen molar-refractivity contribution in [3.8, 4) is 0 Å². The molecule has 3 heteroatoms. The predicted molar refractivity (Wildman–Crippen MR) is 82.4 cm³/mol. The number of rotatable bonds is 2. The Morgan fingerprint density at radius 1 is 1.14 bits per heavy atom. The number of nitrogens with zero attached hydrogens (tertiary/aromatic N) is 1. The molecule has 0 radical (unpaired) electrons. The van der Waals surface area contributed by atoms with Crippen LogP contribution in [-0.2, 0) is 11.3 Å². The van der Waals surface area contributed by atoms with Crippen molar-refractivity contribution in [1.82, 2.24) is 4.90 Å². The van der Waals surface area contributed by atoms with E-state index >= 15 is 0 Å². The Morgan fingerprint density at radius 3 is 2.81 bits per heavy atom. The molecule has 108 valence electrons. The van der Waals surface area contributed by atoms with E-state index in [1.54, 1.807) is 4.90 Å². The minimum absolute atomic E-state index is 0.276. The van der Waals surface area contributed by atoms with Gasteiger partial charge in [0.25, 0.3) is 0 Å². The number of ether oxygens (including phenoxy) is 1. The van der Waals surface area contributed by atoms with Gasteiger partial charge >= 0.3 is 6.09 Å². The van der Waals surface area contributed by atoms with Crippen molar-refractivity contribution in [2.45, 2.75) is 13.0 Å². The molecule has 1 amide bonds. The quantitative estimate of drug-likeness (QED) is 0.822. The topological polar surface area (TPSA) is 29.5 Å². The number of fused-ring (bicyclic) bond motifs is 1. The first-order valence-corrected chi connectivity index (χ1v) is 7.33. The van der Waals surface area contributed by atoms with Crippen molar-refractivity contribution in [3.63, 3.8) is 0 Å². The van der Waals surface area contributed by atoms with E-state index in [9.17, 15) is 4.79 Å². The monoisotopic (exact) mass is 281 g/mol. The molecule has 3 rings (SSSR count). The van der Waals surface area contributed by atoms with Crippen molar-refractivity contribution >= 4 is 6.09 Å². The highest BCUT2D eigenvalue weighted by Crippen LogP contribution is 2.27.